The van der Waals surface area contributed by atoms with Crippen molar-refractivity contribution >= 4 is 5.69 Å². The molecule has 0 amide bonds. The molecule has 1 aromatic rings. The Labute approximate surface area is 65.5 Å². The van der Waals surface area contributed by atoms with Gasteiger partial charge in [-0.2, -0.15) is 0 Å². The van der Waals surface area contributed by atoms with E-state index in [-0.39, 0.29) is 0 Å². The maximum absolute atomic E-state index is 4.10. The number of aryl methyl sites for hydroxylation is 1. The van der Waals surface area contributed by atoms with Crippen LogP contribution in [0, 0.1) is 6.92 Å². The van der Waals surface area contributed by atoms with Gasteiger partial charge in [-0.25, -0.2) is 0 Å². The van der Waals surface area contributed by atoms with E-state index in [1.165, 1.54) is 25.0 Å². The van der Waals surface area contributed by atoms with Crippen LogP contribution >= 0.6 is 0 Å². The molecule has 0 saturated carbocycles. The van der Waals surface area contributed by atoms with Gasteiger partial charge in [0.2, 0.25) is 0 Å². The first-order valence-corrected chi connectivity index (χ1v) is 4.04. The molecule has 0 fully saturated rings. The van der Waals surface area contributed by atoms with Crippen LogP contribution in [-0.4, -0.2) is 0 Å². The Kier molecular flexibility index (Phi) is 2.21. The van der Waals surface area contributed by atoms with Crippen LogP contribution in [0.5, 0.6) is 0 Å². The molecule has 0 atom stereocenters. The van der Waals surface area contributed by atoms with Crippen molar-refractivity contribution in [3.63, 3.8) is 0 Å². The monoisotopic (exact) mass is 289 g/mol. The summed E-state index contributed by atoms with van der Waals surface area (Å²) in [5.41, 5.74) is 2.37. The van der Waals surface area contributed by atoms with Gasteiger partial charge in [-0.1, -0.05) is 0 Å². The Morgan fingerprint density at radius 1 is 1.22 bits per heavy atom. The minimum absolute atomic E-state index is 1.08. The molecule has 45 valence electrons. The molecule has 2 heteroatoms. The third kappa shape index (κ3) is 1.78. The molecule has 0 aliphatic heterocycles. The van der Waals surface area contributed by atoms with E-state index < -0.39 is 0 Å². The summed E-state index contributed by atoms with van der Waals surface area (Å²) in [5, 5.41) is 0. The van der Waals surface area contributed by atoms with Crippen molar-refractivity contribution in [2.24, 2.45) is 0 Å². The molecule has 9 heavy (non-hydrogen) atoms. The summed E-state index contributed by atoms with van der Waals surface area (Å²) < 4.78 is 4.10. The molecule has 1 aromatic carbocycles. The van der Waals surface area contributed by atoms with Crippen molar-refractivity contribution in [2.45, 2.75) is 6.92 Å². The second-order valence-corrected chi connectivity index (χ2v) is 2.58. The Bertz CT molecular complexity index is 232. The van der Waals surface area contributed by atoms with Crippen LogP contribution in [0.25, 0.3) is 3.31 Å². The molecular formula is C7H7NW+. The molecule has 0 aliphatic carbocycles. The van der Waals surface area contributed by atoms with Crippen molar-refractivity contribution in [1.82, 2.24) is 0 Å². The molecular weight excluding hydrogens is 282 g/mol. The van der Waals surface area contributed by atoms with Gasteiger partial charge in [-0.15, -0.1) is 0 Å². The molecule has 0 spiro atoms. The summed E-state index contributed by atoms with van der Waals surface area (Å²) in [5.74, 6) is 0. The molecule has 0 bridgehead atoms. The molecule has 0 unspecified atom stereocenters. The van der Waals surface area contributed by atoms with Gasteiger partial charge >= 0.3 is 65.2 Å². The van der Waals surface area contributed by atoms with Crippen molar-refractivity contribution in [1.29, 1.82) is 0 Å². The zero-order chi connectivity index (χ0) is 6.69. The van der Waals surface area contributed by atoms with E-state index in [4.69, 9.17) is 0 Å². The van der Waals surface area contributed by atoms with E-state index in [1.807, 2.05) is 12.1 Å². The molecule has 0 radical (unpaired) electrons. The van der Waals surface area contributed by atoms with Gasteiger partial charge in [0.05, 0.1) is 0 Å². The fourth-order valence-corrected chi connectivity index (χ4v) is 1.04. The molecule has 1 rings (SSSR count). The van der Waals surface area contributed by atoms with Crippen LogP contribution in [0.15, 0.2) is 24.3 Å². The first kappa shape index (κ1) is 6.73. The Morgan fingerprint density at radius 2 is 1.78 bits per heavy atom. The maximum atomic E-state index is 4.10. The fourth-order valence-electron chi connectivity index (χ4n) is 0.606. The molecule has 0 aliphatic rings. The summed E-state index contributed by atoms with van der Waals surface area (Å²) in [6.45, 7) is 2.08. The number of benzene rings is 1. The van der Waals surface area contributed by atoms with Crippen LogP contribution in [0.3, 0.4) is 0 Å². The topological polar surface area (TPSA) is 4.36 Å². The van der Waals surface area contributed by atoms with Gasteiger partial charge < -0.3 is 0 Å². The average Bonchev–Trinajstić information content (AvgIpc) is 1.90. The fraction of sp³-hybridized carbons (Fsp3) is 0.143. The van der Waals surface area contributed by atoms with Gasteiger partial charge in [0.15, 0.2) is 0 Å². The predicted octanol–water partition coefficient (Wildman–Crippen LogP) is 2.46. The van der Waals surface area contributed by atoms with Crippen molar-refractivity contribution in [3.8, 4) is 0 Å². The van der Waals surface area contributed by atoms with Crippen molar-refractivity contribution in [3.05, 3.63) is 33.1 Å². The Hall–Kier alpha value is -0.382. The third-order valence-electron chi connectivity index (χ3n) is 1.14. The first-order chi connectivity index (χ1) is 4.33. The summed E-state index contributed by atoms with van der Waals surface area (Å²) in [6.07, 6.45) is 0. The average molecular weight is 289 g/mol. The summed E-state index contributed by atoms with van der Waals surface area (Å²) in [7, 11) is 0. The zero-order valence-corrected chi connectivity index (χ0v) is 8.10. The van der Waals surface area contributed by atoms with E-state index in [2.05, 4.69) is 22.4 Å². The Balaban J connectivity index is 3.06. The third-order valence-corrected chi connectivity index (χ3v) is 1.90. The quantitative estimate of drug-likeness (QED) is 0.691. The summed E-state index contributed by atoms with van der Waals surface area (Å²) >= 11 is 1.26. The van der Waals surface area contributed by atoms with E-state index in [0.717, 1.165) is 5.69 Å². The number of hydrogen-bond donors (Lipinski definition) is 0. The van der Waals surface area contributed by atoms with E-state index >= 15 is 0 Å². The molecule has 0 heterocycles. The van der Waals surface area contributed by atoms with Crippen LogP contribution in [0.4, 0.5) is 5.69 Å². The van der Waals surface area contributed by atoms with E-state index in [9.17, 15) is 0 Å². The minimum atomic E-state index is 1.08. The molecule has 0 aromatic heterocycles. The number of rotatable bonds is 0. The van der Waals surface area contributed by atoms with Crippen molar-refractivity contribution < 1.29 is 19.4 Å². The molecule has 0 N–H and O–H groups in total. The number of nitrogens with zero attached hydrogens (tertiary/aromatic N) is 1. The second kappa shape index (κ2) is 2.96. The Morgan fingerprint density at radius 3 is 2.22 bits per heavy atom. The van der Waals surface area contributed by atoms with Crippen LogP contribution in [0.1, 0.15) is 5.56 Å². The van der Waals surface area contributed by atoms with Gasteiger partial charge in [0.25, 0.3) is 0 Å². The number of hydrogen-bond acceptors (Lipinski definition) is 0. The normalized spacial score (nSPS) is 8.44. The van der Waals surface area contributed by atoms with Crippen LogP contribution < -0.4 is 0 Å². The predicted molar refractivity (Wildman–Crippen MR) is 34.2 cm³/mol. The van der Waals surface area contributed by atoms with Gasteiger partial charge in [0.1, 0.15) is 0 Å². The second-order valence-electron chi connectivity index (χ2n) is 1.93. The SMILES string of the molecule is Cc1ccc([N+]#[W])cc1. The summed E-state index contributed by atoms with van der Waals surface area (Å²) in [4.78, 5) is 0. The molecule has 0 saturated heterocycles. The van der Waals surface area contributed by atoms with Crippen LogP contribution in [0.2, 0.25) is 0 Å². The van der Waals surface area contributed by atoms with Crippen LogP contribution in [-0.2, 0) is 19.4 Å². The van der Waals surface area contributed by atoms with Crippen molar-refractivity contribution in [2.75, 3.05) is 0 Å². The van der Waals surface area contributed by atoms with Gasteiger partial charge in [0, 0.05) is 0 Å². The summed E-state index contributed by atoms with van der Waals surface area (Å²) in [6, 6.07) is 8.20. The van der Waals surface area contributed by atoms with Gasteiger partial charge in [-0.3, -0.25) is 0 Å². The molecule has 1 nitrogen and oxygen atoms in total. The standard InChI is InChI=1S/C7H7N.W/c1-6-2-4-7(8)5-3-6;/h2-5H,1H3;/q+1;. The van der Waals surface area contributed by atoms with E-state index in [1.54, 1.807) is 0 Å². The van der Waals surface area contributed by atoms with E-state index in [0.29, 0.717) is 0 Å². The first-order valence-electron chi connectivity index (χ1n) is 2.73. The van der Waals surface area contributed by atoms with Gasteiger partial charge in [-0.05, 0) is 0 Å². The zero-order valence-electron chi connectivity index (χ0n) is 5.16.